The second-order valence-corrected chi connectivity index (χ2v) is 5.30. The molecule has 0 heterocycles. The van der Waals surface area contributed by atoms with Crippen LogP contribution in [-0.2, 0) is 4.79 Å². The van der Waals surface area contributed by atoms with Gasteiger partial charge in [0.1, 0.15) is 0 Å². The molecular formula is C9H16INO. The van der Waals surface area contributed by atoms with Gasteiger partial charge in [0.15, 0.2) is 0 Å². The van der Waals surface area contributed by atoms with Crippen molar-refractivity contribution in [2.75, 3.05) is 7.05 Å². The largest absolute Gasteiger partial charge is 0.343 e. The van der Waals surface area contributed by atoms with Gasteiger partial charge in [-0.15, -0.1) is 0 Å². The molecule has 0 aromatic carbocycles. The molecule has 0 N–H and O–H groups in total. The van der Waals surface area contributed by atoms with Crippen molar-refractivity contribution in [1.29, 1.82) is 0 Å². The van der Waals surface area contributed by atoms with Gasteiger partial charge in [-0.25, -0.2) is 0 Å². The van der Waals surface area contributed by atoms with Gasteiger partial charge in [-0.05, 0) is 25.7 Å². The molecule has 0 radical (unpaired) electrons. The number of amides is 1. The molecule has 0 aromatic heterocycles. The van der Waals surface area contributed by atoms with Crippen molar-refractivity contribution in [2.24, 2.45) is 0 Å². The molecule has 70 valence electrons. The van der Waals surface area contributed by atoms with E-state index in [0.29, 0.717) is 6.04 Å². The van der Waals surface area contributed by atoms with Crippen LogP contribution >= 0.6 is 22.6 Å². The van der Waals surface area contributed by atoms with Gasteiger partial charge in [-0.3, -0.25) is 4.79 Å². The molecule has 0 bridgehead atoms. The molecule has 0 aliphatic heterocycles. The van der Waals surface area contributed by atoms with Gasteiger partial charge in [0, 0.05) is 23.9 Å². The van der Waals surface area contributed by atoms with E-state index in [1.54, 1.807) is 6.92 Å². The third-order valence-electron chi connectivity index (χ3n) is 2.67. The normalized spacial score (nSPS) is 29.9. The van der Waals surface area contributed by atoms with Crippen molar-refractivity contribution in [3.8, 4) is 0 Å². The molecule has 1 fully saturated rings. The summed E-state index contributed by atoms with van der Waals surface area (Å²) < 4.78 is 0.833. The minimum absolute atomic E-state index is 0.201. The van der Waals surface area contributed by atoms with Crippen LogP contribution in [0, 0.1) is 0 Å². The standard InChI is InChI=1S/C9H16INO/c1-7(12)11(2)9-5-3-8(10)4-6-9/h8-9H,3-6H2,1-2H3. The summed E-state index contributed by atoms with van der Waals surface area (Å²) in [6.07, 6.45) is 4.90. The number of hydrogen-bond acceptors (Lipinski definition) is 1. The van der Waals surface area contributed by atoms with Crippen molar-refractivity contribution in [3.63, 3.8) is 0 Å². The summed E-state index contributed by atoms with van der Waals surface area (Å²) in [6.45, 7) is 1.65. The second kappa shape index (κ2) is 4.44. The summed E-state index contributed by atoms with van der Waals surface area (Å²) in [5.41, 5.74) is 0. The van der Waals surface area contributed by atoms with E-state index >= 15 is 0 Å². The number of hydrogen-bond donors (Lipinski definition) is 0. The number of halogens is 1. The highest BCUT2D eigenvalue weighted by Gasteiger charge is 2.23. The third-order valence-corrected chi connectivity index (χ3v) is 3.92. The predicted molar refractivity (Wildman–Crippen MR) is 58.5 cm³/mol. The molecule has 12 heavy (non-hydrogen) atoms. The Hall–Kier alpha value is 0.200. The Morgan fingerprint density at radius 1 is 1.33 bits per heavy atom. The van der Waals surface area contributed by atoms with Crippen molar-refractivity contribution < 1.29 is 4.79 Å². The van der Waals surface area contributed by atoms with Gasteiger partial charge >= 0.3 is 0 Å². The van der Waals surface area contributed by atoms with Gasteiger partial charge in [0.25, 0.3) is 0 Å². The van der Waals surface area contributed by atoms with Crippen LogP contribution in [0.25, 0.3) is 0 Å². The number of rotatable bonds is 1. The van der Waals surface area contributed by atoms with Crippen molar-refractivity contribution in [1.82, 2.24) is 4.90 Å². The van der Waals surface area contributed by atoms with Gasteiger partial charge in [-0.1, -0.05) is 22.6 Å². The lowest BCUT2D eigenvalue weighted by Crippen LogP contribution is -2.38. The Morgan fingerprint density at radius 3 is 2.25 bits per heavy atom. The maximum absolute atomic E-state index is 11.0. The average molecular weight is 281 g/mol. The Labute approximate surface area is 87.8 Å². The van der Waals surface area contributed by atoms with E-state index in [1.807, 2.05) is 11.9 Å². The van der Waals surface area contributed by atoms with Crippen LogP contribution < -0.4 is 0 Å². The van der Waals surface area contributed by atoms with Crippen molar-refractivity contribution in [2.45, 2.75) is 42.6 Å². The van der Waals surface area contributed by atoms with Gasteiger partial charge in [0.2, 0.25) is 5.91 Å². The van der Waals surface area contributed by atoms with E-state index < -0.39 is 0 Å². The first kappa shape index (κ1) is 10.3. The lowest BCUT2D eigenvalue weighted by Gasteiger charge is -2.32. The van der Waals surface area contributed by atoms with E-state index in [-0.39, 0.29) is 5.91 Å². The predicted octanol–water partition coefficient (Wildman–Crippen LogP) is 2.21. The molecule has 1 amide bonds. The van der Waals surface area contributed by atoms with Crippen LogP contribution in [0.15, 0.2) is 0 Å². The van der Waals surface area contributed by atoms with E-state index in [1.165, 1.54) is 25.7 Å². The van der Waals surface area contributed by atoms with E-state index in [9.17, 15) is 4.79 Å². The van der Waals surface area contributed by atoms with Crippen LogP contribution in [-0.4, -0.2) is 27.8 Å². The Morgan fingerprint density at radius 2 is 1.83 bits per heavy atom. The number of nitrogens with zero attached hydrogens (tertiary/aromatic N) is 1. The summed E-state index contributed by atoms with van der Waals surface area (Å²) in [6, 6.07) is 0.508. The maximum atomic E-state index is 11.0. The second-order valence-electron chi connectivity index (χ2n) is 3.54. The van der Waals surface area contributed by atoms with Crippen molar-refractivity contribution >= 4 is 28.5 Å². The fourth-order valence-electron chi connectivity index (χ4n) is 1.68. The van der Waals surface area contributed by atoms with E-state index in [0.717, 1.165) is 3.92 Å². The van der Waals surface area contributed by atoms with Gasteiger partial charge in [-0.2, -0.15) is 0 Å². The first-order valence-electron chi connectivity index (χ1n) is 4.48. The van der Waals surface area contributed by atoms with E-state index in [2.05, 4.69) is 22.6 Å². The van der Waals surface area contributed by atoms with Crippen LogP contribution in [0.3, 0.4) is 0 Å². The highest BCUT2D eigenvalue weighted by Crippen LogP contribution is 2.27. The zero-order valence-corrected chi connectivity index (χ0v) is 9.87. The third kappa shape index (κ3) is 2.61. The highest BCUT2D eigenvalue weighted by atomic mass is 127. The highest BCUT2D eigenvalue weighted by molar-refractivity contribution is 14.1. The summed E-state index contributed by atoms with van der Waals surface area (Å²) in [5.74, 6) is 0.201. The molecule has 0 atom stereocenters. The maximum Gasteiger partial charge on any atom is 0.219 e. The summed E-state index contributed by atoms with van der Waals surface area (Å²) in [7, 11) is 1.92. The minimum Gasteiger partial charge on any atom is -0.343 e. The molecular weight excluding hydrogens is 265 g/mol. The average Bonchev–Trinajstić information content (AvgIpc) is 2.04. The first-order valence-corrected chi connectivity index (χ1v) is 5.73. The first-order chi connectivity index (χ1) is 5.61. The molecule has 0 saturated heterocycles. The summed E-state index contributed by atoms with van der Waals surface area (Å²) in [5, 5.41) is 0. The number of carbonyl (C=O) groups excluding carboxylic acids is 1. The lowest BCUT2D eigenvalue weighted by molar-refractivity contribution is -0.130. The monoisotopic (exact) mass is 281 g/mol. The molecule has 0 aromatic rings. The summed E-state index contributed by atoms with van der Waals surface area (Å²) >= 11 is 2.50. The van der Waals surface area contributed by atoms with Crippen LogP contribution in [0.5, 0.6) is 0 Å². The Kier molecular flexibility index (Phi) is 3.80. The van der Waals surface area contributed by atoms with Crippen LogP contribution in [0.4, 0.5) is 0 Å². The zero-order valence-electron chi connectivity index (χ0n) is 7.72. The molecule has 0 spiro atoms. The molecule has 1 rings (SSSR count). The fraction of sp³-hybridized carbons (Fsp3) is 0.889. The quantitative estimate of drug-likeness (QED) is 0.533. The topological polar surface area (TPSA) is 20.3 Å². The van der Waals surface area contributed by atoms with Crippen LogP contribution in [0.2, 0.25) is 0 Å². The van der Waals surface area contributed by atoms with Crippen LogP contribution in [0.1, 0.15) is 32.6 Å². The number of alkyl halides is 1. The smallest absolute Gasteiger partial charge is 0.219 e. The molecule has 0 unspecified atom stereocenters. The zero-order chi connectivity index (χ0) is 9.14. The Bertz CT molecular complexity index is 164. The Balaban J connectivity index is 2.39. The molecule has 3 heteroatoms. The fourth-order valence-corrected chi connectivity index (χ4v) is 2.40. The van der Waals surface area contributed by atoms with Crippen molar-refractivity contribution in [3.05, 3.63) is 0 Å². The van der Waals surface area contributed by atoms with Gasteiger partial charge in [0.05, 0.1) is 0 Å². The lowest BCUT2D eigenvalue weighted by atomic mass is 9.94. The minimum atomic E-state index is 0.201. The summed E-state index contributed by atoms with van der Waals surface area (Å²) in [4.78, 5) is 12.9. The van der Waals surface area contributed by atoms with E-state index in [4.69, 9.17) is 0 Å². The molecule has 2 nitrogen and oxygen atoms in total. The molecule has 1 aliphatic rings. The SMILES string of the molecule is CC(=O)N(C)C1CCC(I)CC1. The van der Waals surface area contributed by atoms with Gasteiger partial charge < -0.3 is 4.90 Å². The molecule has 1 aliphatic carbocycles. The molecule has 1 saturated carbocycles. The number of carbonyl (C=O) groups is 1.